The third kappa shape index (κ3) is 20.6. The minimum absolute atomic E-state index is 0. The first-order chi connectivity index (χ1) is 12.4. The monoisotopic (exact) mass is 430 g/mol. The molecule has 0 aromatic rings. The van der Waals surface area contributed by atoms with Crippen molar-refractivity contribution < 1.29 is 69.5 Å². The van der Waals surface area contributed by atoms with Gasteiger partial charge in [0, 0.05) is 5.25 Å². The molecule has 0 radical (unpaired) electrons. The predicted octanol–water partition coefficient (Wildman–Crippen LogP) is 2.94. The molecule has 0 saturated carbocycles. The van der Waals surface area contributed by atoms with Gasteiger partial charge in [-0.15, -0.1) is 0 Å². The fourth-order valence-electron chi connectivity index (χ4n) is 3.43. The maximum atomic E-state index is 11.3. The van der Waals surface area contributed by atoms with Gasteiger partial charge in [0.15, 0.2) is 0 Å². The Hall–Kier alpha value is 1.51. The average molecular weight is 431 g/mol. The maximum absolute atomic E-state index is 11.3. The van der Waals surface area contributed by atoms with Crippen LogP contribution in [0.4, 0.5) is 0 Å². The van der Waals surface area contributed by atoms with E-state index < -0.39 is 21.5 Å². The van der Waals surface area contributed by atoms with E-state index in [1.165, 1.54) is 57.8 Å². The molecule has 0 amide bonds. The van der Waals surface area contributed by atoms with Gasteiger partial charge in [-0.05, 0) is 25.7 Å². The first-order valence-corrected chi connectivity index (χ1v) is 12.5. The Morgan fingerprint density at radius 3 is 1.56 bits per heavy atom. The summed E-state index contributed by atoms with van der Waals surface area (Å²) in [6.45, 7) is 4.23. The minimum Gasteiger partial charge on any atom is -0.748 e. The number of hydrogen-bond donors (Lipinski definition) is 1. The molecule has 158 valence electrons. The Labute approximate surface area is 211 Å². The molecule has 0 aliphatic heterocycles. The van der Waals surface area contributed by atoms with Gasteiger partial charge in [-0.25, -0.2) is 8.42 Å². The summed E-state index contributed by atoms with van der Waals surface area (Å²) in [5.74, 6) is 0. The molecule has 0 aliphatic rings. The summed E-state index contributed by atoms with van der Waals surface area (Å²) in [6.07, 6.45) is 17.1. The van der Waals surface area contributed by atoms with Gasteiger partial charge in [-0.1, -0.05) is 97.3 Å². The van der Waals surface area contributed by atoms with E-state index in [2.05, 4.69) is 6.92 Å². The molecule has 2 unspecified atom stereocenters. The van der Waals surface area contributed by atoms with Crippen LogP contribution < -0.4 is 51.4 Å². The van der Waals surface area contributed by atoms with Crippen molar-refractivity contribution >= 4 is 10.1 Å². The summed E-state index contributed by atoms with van der Waals surface area (Å²) in [5, 5.41) is 9.21. The van der Waals surface area contributed by atoms with Crippen LogP contribution >= 0.6 is 0 Å². The van der Waals surface area contributed by atoms with Crippen molar-refractivity contribution in [2.75, 3.05) is 0 Å². The van der Waals surface area contributed by atoms with E-state index in [0.29, 0.717) is 19.3 Å². The number of aliphatic hydroxyl groups excluding tert-OH is 1. The smallest absolute Gasteiger partial charge is 0.748 e. The first-order valence-electron chi connectivity index (χ1n) is 11.0. The summed E-state index contributed by atoms with van der Waals surface area (Å²) in [6, 6.07) is 0. The second kappa shape index (κ2) is 20.8. The summed E-state index contributed by atoms with van der Waals surface area (Å²) < 4.78 is 33.8. The molecule has 4 nitrogen and oxygen atoms in total. The summed E-state index contributed by atoms with van der Waals surface area (Å²) >= 11 is 0. The van der Waals surface area contributed by atoms with E-state index >= 15 is 0 Å². The van der Waals surface area contributed by atoms with Crippen LogP contribution in [0.5, 0.6) is 0 Å². The Morgan fingerprint density at radius 2 is 1.11 bits per heavy atom. The molecular weight excluding hydrogens is 387 g/mol. The van der Waals surface area contributed by atoms with Crippen LogP contribution in [0, 0.1) is 0 Å². The summed E-state index contributed by atoms with van der Waals surface area (Å²) in [7, 11) is -4.24. The number of unbranched alkanes of at least 4 members (excludes halogenated alkanes) is 11. The molecular formula is C21H43KO4S. The van der Waals surface area contributed by atoms with Crippen molar-refractivity contribution in [1.82, 2.24) is 0 Å². The third-order valence-electron chi connectivity index (χ3n) is 5.25. The second-order valence-corrected chi connectivity index (χ2v) is 9.46. The Bertz CT molecular complexity index is 401. The van der Waals surface area contributed by atoms with E-state index in [1.807, 2.05) is 6.92 Å². The van der Waals surface area contributed by atoms with Gasteiger partial charge in [0.05, 0.1) is 16.2 Å². The molecule has 0 spiro atoms. The standard InChI is InChI=1S/C21H44O4S.K/c1-3-5-7-8-9-10-11-12-13-14-15-16-20(22)18-19-21(17-6-4-2)26(23,24)25;/h20-22H,3-19H2,1-2H3,(H,23,24,25);/q;+1/p-1. The van der Waals surface area contributed by atoms with Crippen LogP contribution in [0.1, 0.15) is 123 Å². The molecule has 2 atom stereocenters. The van der Waals surface area contributed by atoms with Crippen molar-refractivity contribution in [3.8, 4) is 0 Å². The fourth-order valence-corrected chi connectivity index (χ4v) is 4.31. The van der Waals surface area contributed by atoms with Crippen LogP contribution in [-0.2, 0) is 10.1 Å². The molecule has 0 aromatic carbocycles. The number of aliphatic hydroxyl groups is 1. The number of rotatable bonds is 19. The molecule has 1 N–H and O–H groups in total. The molecule has 6 heteroatoms. The fraction of sp³-hybridized carbons (Fsp3) is 1.00. The summed E-state index contributed by atoms with van der Waals surface area (Å²) in [5.41, 5.74) is 0. The van der Waals surface area contributed by atoms with E-state index in [-0.39, 0.29) is 51.4 Å². The Balaban J connectivity index is 0. The van der Waals surface area contributed by atoms with Gasteiger partial charge in [-0.2, -0.15) is 0 Å². The zero-order valence-corrected chi connectivity index (χ0v) is 22.2. The van der Waals surface area contributed by atoms with Crippen molar-refractivity contribution in [3.63, 3.8) is 0 Å². The quantitative estimate of drug-likeness (QED) is 0.194. The molecule has 0 bridgehead atoms. The topological polar surface area (TPSA) is 77.4 Å². The van der Waals surface area contributed by atoms with Gasteiger partial charge in [0.2, 0.25) is 0 Å². The van der Waals surface area contributed by atoms with E-state index in [1.54, 1.807) is 0 Å². The molecule has 0 aromatic heterocycles. The molecule has 0 aliphatic carbocycles. The van der Waals surface area contributed by atoms with Crippen molar-refractivity contribution in [3.05, 3.63) is 0 Å². The molecule has 0 heterocycles. The van der Waals surface area contributed by atoms with E-state index in [0.717, 1.165) is 32.1 Å². The largest absolute Gasteiger partial charge is 1.00 e. The van der Waals surface area contributed by atoms with Crippen molar-refractivity contribution in [1.29, 1.82) is 0 Å². The van der Waals surface area contributed by atoms with Crippen LogP contribution in [-0.4, -0.2) is 29.4 Å². The Morgan fingerprint density at radius 1 is 0.667 bits per heavy atom. The first kappa shape index (κ1) is 30.7. The summed E-state index contributed by atoms with van der Waals surface area (Å²) in [4.78, 5) is 0. The van der Waals surface area contributed by atoms with Gasteiger partial charge in [-0.3, -0.25) is 0 Å². The van der Waals surface area contributed by atoms with Crippen LogP contribution in [0.25, 0.3) is 0 Å². The van der Waals surface area contributed by atoms with E-state index in [9.17, 15) is 18.1 Å². The van der Waals surface area contributed by atoms with Crippen molar-refractivity contribution in [2.24, 2.45) is 0 Å². The maximum Gasteiger partial charge on any atom is 1.00 e. The Kier molecular flexibility index (Phi) is 23.6. The zero-order chi connectivity index (χ0) is 19.7. The molecule has 0 rings (SSSR count). The van der Waals surface area contributed by atoms with Crippen LogP contribution in [0.2, 0.25) is 0 Å². The SMILES string of the molecule is CCCCCCCCCCCCCC(O)CCC(CCCC)S(=O)(=O)[O-].[K+]. The molecule has 0 saturated heterocycles. The molecule has 0 fully saturated rings. The van der Waals surface area contributed by atoms with E-state index in [4.69, 9.17) is 0 Å². The predicted molar refractivity (Wildman–Crippen MR) is 109 cm³/mol. The third-order valence-corrected chi connectivity index (χ3v) is 6.54. The van der Waals surface area contributed by atoms with Gasteiger partial charge < -0.3 is 9.66 Å². The van der Waals surface area contributed by atoms with Gasteiger partial charge >= 0.3 is 51.4 Å². The average Bonchev–Trinajstić information content (AvgIpc) is 2.58. The second-order valence-electron chi connectivity index (χ2n) is 7.81. The van der Waals surface area contributed by atoms with Crippen LogP contribution in [0.3, 0.4) is 0 Å². The zero-order valence-electron chi connectivity index (χ0n) is 18.3. The van der Waals surface area contributed by atoms with Crippen molar-refractivity contribution in [2.45, 2.75) is 134 Å². The van der Waals surface area contributed by atoms with Gasteiger partial charge in [0.1, 0.15) is 0 Å². The molecule has 27 heavy (non-hydrogen) atoms. The van der Waals surface area contributed by atoms with Crippen LogP contribution in [0.15, 0.2) is 0 Å². The number of hydrogen-bond acceptors (Lipinski definition) is 4. The normalized spacial score (nSPS) is 13.9. The van der Waals surface area contributed by atoms with Gasteiger partial charge in [0.25, 0.3) is 0 Å². The minimum atomic E-state index is -4.24.